The van der Waals surface area contributed by atoms with Gasteiger partial charge in [0.15, 0.2) is 0 Å². The van der Waals surface area contributed by atoms with Gasteiger partial charge in [0.25, 0.3) is 11.8 Å². The van der Waals surface area contributed by atoms with Gasteiger partial charge in [-0.05, 0) is 43.4 Å². The average Bonchev–Trinajstić information content (AvgIpc) is 3.17. The van der Waals surface area contributed by atoms with E-state index in [0.29, 0.717) is 30.3 Å². The van der Waals surface area contributed by atoms with E-state index in [9.17, 15) is 9.59 Å². The average molecular weight is 346 g/mol. The highest BCUT2D eigenvalue weighted by atomic mass is 16.5. The van der Waals surface area contributed by atoms with Crippen molar-refractivity contribution >= 4 is 17.5 Å². The van der Waals surface area contributed by atoms with Gasteiger partial charge in [0.05, 0.1) is 0 Å². The summed E-state index contributed by atoms with van der Waals surface area (Å²) in [6.45, 7) is 5.68. The number of hydrogen-bond acceptors (Lipinski definition) is 3. The second-order valence-corrected chi connectivity index (χ2v) is 6.70. The standard InChI is InChI=1S/C20H30N2O3/c1-3-5-8-15(4-2)14-21-19(23)16-9-6-10-17(13-16)22-20(24)18-11-7-12-25-18/h6,9-10,13,15,18H,3-5,7-8,11-12,14H2,1-2H3,(H,21,23)(H,22,24)/t15-,18+/m0/s1. The van der Waals surface area contributed by atoms with Gasteiger partial charge >= 0.3 is 0 Å². The maximum absolute atomic E-state index is 12.4. The Morgan fingerprint density at radius 1 is 1.32 bits per heavy atom. The molecule has 2 N–H and O–H groups in total. The molecule has 0 radical (unpaired) electrons. The van der Waals surface area contributed by atoms with Crippen molar-refractivity contribution in [2.24, 2.45) is 5.92 Å². The van der Waals surface area contributed by atoms with E-state index in [1.165, 1.54) is 12.8 Å². The van der Waals surface area contributed by atoms with Gasteiger partial charge < -0.3 is 15.4 Å². The highest BCUT2D eigenvalue weighted by Gasteiger charge is 2.23. The number of rotatable bonds is 9. The summed E-state index contributed by atoms with van der Waals surface area (Å²) < 4.78 is 5.38. The number of ether oxygens (including phenoxy) is 1. The van der Waals surface area contributed by atoms with Crippen LogP contribution >= 0.6 is 0 Å². The Kier molecular flexibility index (Phi) is 7.92. The van der Waals surface area contributed by atoms with Crippen molar-refractivity contribution in [1.82, 2.24) is 5.32 Å². The van der Waals surface area contributed by atoms with Crippen LogP contribution in [-0.2, 0) is 9.53 Å². The Hall–Kier alpha value is -1.88. The van der Waals surface area contributed by atoms with Crippen molar-refractivity contribution in [3.63, 3.8) is 0 Å². The fourth-order valence-electron chi connectivity index (χ4n) is 3.03. The zero-order valence-corrected chi connectivity index (χ0v) is 15.3. The van der Waals surface area contributed by atoms with Gasteiger partial charge in [0, 0.05) is 24.4 Å². The van der Waals surface area contributed by atoms with Crippen molar-refractivity contribution in [3.8, 4) is 0 Å². The molecule has 1 aliphatic rings. The van der Waals surface area contributed by atoms with Crippen LogP contribution in [0.4, 0.5) is 5.69 Å². The monoisotopic (exact) mass is 346 g/mol. The van der Waals surface area contributed by atoms with Crippen LogP contribution in [0.3, 0.4) is 0 Å². The summed E-state index contributed by atoms with van der Waals surface area (Å²) in [5.74, 6) is 0.287. The van der Waals surface area contributed by atoms with E-state index in [-0.39, 0.29) is 17.9 Å². The summed E-state index contributed by atoms with van der Waals surface area (Å²) in [5, 5.41) is 5.86. The molecule has 0 spiro atoms. The zero-order chi connectivity index (χ0) is 18.1. The Balaban J connectivity index is 1.88. The Bertz CT molecular complexity index is 568. The molecule has 0 bridgehead atoms. The van der Waals surface area contributed by atoms with Gasteiger partial charge in [0.2, 0.25) is 0 Å². The molecular formula is C20H30N2O3. The summed E-state index contributed by atoms with van der Waals surface area (Å²) >= 11 is 0. The molecule has 25 heavy (non-hydrogen) atoms. The smallest absolute Gasteiger partial charge is 0.253 e. The molecule has 0 aliphatic carbocycles. The Morgan fingerprint density at radius 2 is 2.16 bits per heavy atom. The molecule has 5 heteroatoms. The third kappa shape index (κ3) is 6.16. The Labute approximate surface area is 150 Å². The first-order valence-corrected chi connectivity index (χ1v) is 9.44. The lowest BCUT2D eigenvalue weighted by atomic mass is 9.99. The number of carbonyl (C=O) groups excluding carboxylic acids is 2. The molecule has 0 saturated carbocycles. The van der Waals surface area contributed by atoms with E-state index in [0.717, 1.165) is 25.7 Å². The molecule has 1 heterocycles. The van der Waals surface area contributed by atoms with Crippen LogP contribution < -0.4 is 10.6 Å². The lowest BCUT2D eigenvalue weighted by Crippen LogP contribution is -2.29. The lowest BCUT2D eigenvalue weighted by molar-refractivity contribution is -0.124. The minimum Gasteiger partial charge on any atom is -0.368 e. The first-order chi connectivity index (χ1) is 12.1. The van der Waals surface area contributed by atoms with Crippen LogP contribution in [0.5, 0.6) is 0 Å². The van der Waals surface area contributed by atoms with Gasteiger partial charge in [-0.2, -0.15) is 0 Å². The first-order valence-electron chi connectivity index (χ1n) is 9.44. The highest BCUT2D eigenvalue weighted by molar-refractivity contribution is 5.98. The predicted octanol–water partition coefficient (Wildman–Crippen LogP) is 3.75. The number of anilines is 1. The number of amides is 2. The van der Waals surface area contributed by atoms with E-state index in [4.69, 9.17) is 4.74 Å². The molecule has 2 amide bonds. The minimum absolute atomic E-state index is 0.0943. The third-order valence-corrected chi connectivity index (χ3v) is 4.71. The van der Waals surface area contributed by atoms with Gasteiger partial charge in [0.1, 0.15) is 6.10 Å². The number of carbonyl (C=O) groups is 2. The maximum Gasteiger partial charge on any atom is 0.253 e. The van der Waals surface area contributed by atoms with Crippen molar-refractivity contribution in [2.75, 3.05) is 18.5 Å². The molecule has 1 saturated heterocycles. The molecular weight excluding hydrogens is 316 g/mol. The van der Waals surface area contributed by atoms with Gasteiger partial charge in [-0.15, -0.1) is 0 Å². The van der Waals surface area contributed by atoms with Crippen LogP contribution in [0.15, 0.2) is 24.3 Å². The lowest BCUT2D eigenvalue weighted by Gasteiger charge is -2.16. The van der Waals surface area contributed by atoms with Gasteiger partial charge in [-0.3, -0.25) is 9.59 Å². The predicted molar refractivity (Wildman–Crippen MR) is 99.7 cm³/mol. The van der Waals surface area contributed by atoms with Gasteiger partial charge in [-0.1, -0.05) is 39.2 Å². The molecule has 1 aromatic carbocycles. The molecule has 1 fully saturated rings. The number of unbranched alkanes of at least 4 members (excludes halogenated alkanes) is 1. The zero-order valence-electron chi connectivity index (χ0n) is 15.3. The molecule has 1 aliphatic heterocycles. The Morgan fingerprint density at radius 3 is 2.84 bits per heavy atom. The van der Waals surface area contributed by atoms with E-state index < -0.39 is 0 Å². The maximum atomic E-state index is 12.4. The van der Waals surface area contributed by atoms with E-state index in [2.05, 4.69) is 24.5 Å². The van der Waals surface area contributed by atoms with Crippen LogP contribution in [0.2, 0.25) is 0 Å². The van der Waals surface area contributed by atoms with Crippen LogP contribution in [0.25, 0.3) is 0 Å². The SMILES string of the molecule is CCCC[C@H](CC)CNC(=O)c1cccc(NC(=O)[C@H]2CCCO2)c1. The molecule has 5 nitrogen and oxygen atoms in total. The fourth-order valence-corrected chi connectivity index (χ4v) is 3.03. The number of hydrogen-bond donors (Lipinski definition) is 2. The number of benzene rings is 1. The van der Waals surface area contributed by atoms with Gasteiger partial charge in [-0.25, -0.2) is 0 Å². The van der Waals surface area contributed by atoms with Crippen molar-refractivity contribution < 1.29 is 14.3 Å². The van der Waals surface area contributed by atoms with Crippen molar-refractivity contribution in [1.29, 1.82) is 0 Å². The largest absolute Gasteiger partial charge is 0.368 e. The molecule has 0 unspecified atom stereocenters. The molecule has 2 rings (SSSR count). The topological polar surface area (TPSA) is 67.4 Å². The molecule has 2 atom stereocenters. The second kappa shape index (κ2) is 10.2. The molecule has 138 valence electrons. The number of nitrogens with one attached hydrogen (secondary N) is 2. The van der Waals surface area contributed by atoms with Crippen molar-refractivity contribution in [2.45, 2.75) is 58.5 Å². The third-order valence-electron chi connectivity index (χ3n) is 4.71. The van der Waals surface area contributed by atoms with E-state index in [1.54, 1.807) is 24.3 Å². The van der Waals surface area contributed by atoms with E-state index >= 15 is 0 Å². The second-order valence-electron chi connectivity index (χ2n) is 6.70. The van der Waals surface area contributed by atoms with E-state index in [1.807, 2.05) is 0 Å². The molecule has 1 aromatic rings. The van der Waals surface area contributed by atoms with Crippen LogP contribution in [0.1, 0.15) is 62.7 Å². The summed E-state index contributed by atoms with van der Waals surface area (Å²) in [6.07, 6.45) is 5.87. The quantitative estimate of drug-likeness (QED) is 0.715. The molecule has 0 aromatic heterocycles. The summed E-state index contributed by atoms with van der Waals surface area (Å²) in [6, 6.07) is 7.06. The van der Waals surface area contributed by atoms with Crippen LogP contribution in [-0.4, -0.2) is 31.1 Å². The minimum atomic E-state index is -0.374. The summed E-state index contributed by atoms with van der Waals surface area (Å²) in [7, 11) is 0. The summed E-state index contributed by atoms with van der Waals surface area (Å²) in [4.78, 5) is 24.5. The highest BCUT2D eigenvalue weighted by Crippen LogP contribution is 2.17. The van der Waals surface area contributed by atoms with Crippen molar-refractivity contribution in [3.05, 3.63) is 29.8 Å². The van der Waals surface area contributed by atoms with Crippen LogP contribution in [0, 0.1) is 5.92 Å². The fraction of sp³-hybridized carbons (Fsp3) is 0.600. The first kappa shape index (κ1) is 19.4. The normalized spacial score (nSPS) is 17.9. The summed E-state index contributed by atoms with van der Waals surface area (Å²) in [5.41, 5.74) is 1.20.